The molecule has 4 nitrogen and oxygen atoms in total. The molecule has 1 fully saturated rings. The van der Waals surface area contributed by atoms with E-state index in [1.165, 1.54) is 12.1 Å². The maximum atomic E-state index is 14.0. The fraction of sp³-hybridized carbons (Fsp3) is 0.500. The molecule has 0 spiro atoms. The van der Waals surface area contributed by atoms with Crippen LogP contribution in [0.15, 0.2) is 23.1 Å². The summed E-state index contributed by atoms with van der Waals surface area (Å²) in [6.07, 6.45) is 3.00. The van der Waals surface area contributed by atoms with Crippen LogP contribution in [0.25, 0.3) is 0 Å². The highest BCUT2D eigenvalue weighted by molar-refractivity contribution is 7.90. The predicted molar refractivity (Wildman–Crippen MR) is 68.9 cm³/mol. The molecule has 1 aliphatic rings. The first-order valence-corrected chi connectivity index (χ1v) is 7.79. The summed E-state index contributed by atoms with van der Waals surface area (Å²) in [6.45, 7) is 1.24. The number of nitrogens with zero attached hydrogens (tertiary/aromatic N) is 1. The van der Waals surface area contributed by atoms with Crippen molar-refractivity contribution in [1.29, 1.82) is 0 Å². The fourth-order valence-electron chi connectivity index (χ4n) is 2.35. The van der Waals surface area contributed by atoms with Gasteiger partial charge in [0.05, 0.1) is 10.6 Å². The van der Waals surface area contributed by atoms with Crippen molar-refractivity contribution in [3.05, 3.63) is 24.0 Å². The molecule has 1 aliphatic heterocycles. The third kappa shape index (κ3) is 2.49. The zero-order valence-electron chi connectivity index (χ0n) is 10.3. The molecule has 1 heterocycles. The molecule has 2 rings (SSSR count). The molecule has 1 unspecified atom stereocenters. The van der Waals surface area contributed by atoms with Gasteiger partial charge in [0.2, 0.25) is 0 Å². The van der Waals surface area contributed by atoms with Crippen molar-refractivity contribution in [2.24, 2.45) is 5.73 Å². The first kappa shape index (κ1) is 13.3. The van der Waals surface area contributed by atoms with Crippen molar-refractivity contribution >= 4 is 15.5 Å². The lowest BCUT2D eigenvalue weighted by Crippen LogP contribution is -2.35. The summed E-state index contributed by atoms with van der Waals surface area (Å²) < 4.78 is 36.7. The molecule has 1 saturated heterocycles. The van der Waals surface area contributed by atoms with E-state index >= 15 is 0 Å². The molecular formula is C12H17FN2O2S. The lowest BCUT2D eigenvalue weighted by molar-refractivity contribution is 0.590. The highest BCUT2D eigenvalue weighted by atomic mass is 32.2. The Kier molecular flexibility index (Phi) is 3.59. The van der Waals surface area contributed by atoms with Crippen LogP contribution in [-0.4, -0.2) is 33.8 Å². The number of hydrogen-bond acceptors (Lipinski definition) is 4. The summed E-state index contributed by atoms with van der Waals surface area (Å²) in [5.74, 6) is -0.502. The Morgan fingerprint density at radius 1 is 1.50 bits per heavy atom. The van der Waals surface area contributed by atoms with Crippen molar-refractivity contribution < 1.29 is 12.8 Å². The molecule has 0 radical (unpaired) electrons. The summed E-state index contributed by atoms with van der Waals surface area (Å²) in [7, 11) is -3.37. The molecule has 1 atom stereocenters. The lowest BCUT2D eigenvalue weighted by Gasteiger charge is -2.26. The smallest absolute Gasteiger partial charge is 0.175 e. The van der Waals surface area contributed by atoms with Crippen LogP contribution in [0.5, 0.6) is 0 Å². The quantitative estimate of drug-likeness (QED) is 0.896. The molecule has 100 valence electrons. The first-order chi connectivity index (χ1) is 8.43. The average Bonchev–Trinajstić information content (AvgIpc) is 2.75. The predicted octanol–water partition coefficient (Wildman–Crippen LogP) is 1.16. The van der Waals surface area contributed by atoms with Crippen LogP contribution in [0.2, 0.25) is 0 Å². The van der Waals surface area contributed by atoms with E-state index in [1.807, 2.05) is 4.90 Å². The molecule has 0 aromatic heterocycles. The standard InChI is InChI=1S/C12H17FN2O2S/c1-18(16,17)10-4-5-12(11(13)7-10)15-6-2-3-9(15)8-14/h4-5,7,9H,2-3,6,8,14H2,1H3. The molecule has 0 aliphatic carbocycles. The van der Waals surface area contributed by atoms with Crippen molar-refractivity contribution in [2.45, 2.75) is 23.8 Å². The van der Waals surface area contributed by atoms with Crippen molar-refractivity contribution in [3.8, 4) is 0 Å². The second-order valence-corrected chi connectivity index (χ2v) is 6.63. The van der Waals surface area contributed by atoms with E-state index in [1.54, 1.807) is 0 Å². The van der Waals surface area contributed by atoms with E-state index in [4.69, 9.17) is 5.73 Å². The Morgan fingerprint density at radius 3 is 2.78 bits per heavy atom. The maximum Gasteiger partial charge on any atom is 0.175 e. The van der Waals surface area contributed by atoms with E-state index in [-0.39, 0.29) is 10.9 Å². The Labute approximate surface area is 107 Å². The van der Waals surface area contributed by atoms with Crippen LogP contribution in [0.4, 0.5) is 10.1 Å². The first-order valence-electron chi connectivity index (χ1n) is 5.90. The Morgan fingerprint density at radius 2 is 2.22 bits per heavy atom. The zero-order valence-corrected chi connectivity index (χ0v) is 11.1. The minimum Gasteiger partial charge on any atom is -0.365 e. The molecule has 1 aromatic carbocycles. The fourth-order valence-corrected chi connectivity index (χ4v) is 2.98. The lowest BCUT2D eigenvalue weighted by atomic mass is 10.2. The monoisotopic (exact) mass is 272 g/mol. The third-order valence-corrected chi connectivity index (χ3v) is 4.42. The zero-order chi connectivity index (χ0) is 13.3. The van der Waals surface area contributed by atoms with E-state index < -0.39 is 15.7 Å². The van der Waals surface area contributed by atoms with Gasteiger partial charge in [-0.05, 0) is 31.0 Å². The van der Waals surface area contributed by atoms with Gasteiger partial charge in [0.1, 0.15) is 5.82 Å². The number of halogens is 1. The molecular weight excluding hydrogens is 255 g/mol. The van der Waals surface area contributed by atoms with Crippen LogP contribution in [0.1, 0.15) is 12.8 Å². The van der Waals surface area contributed by atoms with Gasteiger partial charge in [-0.15, -0.1) is 0 Å². The summed E-state index contributed by atoms with van der Waals surface area (Å²) >= 11 is 0. The number of hydrogen-bond donors (Lipinski definition) is 1. The van der Waals surface area contributed by atoms with E-state index in [2.05, 4.69) is 0 Å². The van der Waals surface area contributed by atoms with Crippen molar-refractivity contribution in [3.63, 3.8) is 0 Å². The van der Waals surface area contributed by atoms with Crippen molar-refractivity contribution in [2.75, 3.05) is 24.2 Å². The molecule has 6 heteroatoms. The van der Waals surface area contributed by atoms with Gasteiger partial charge in [-0.1, -0.05) is 0 Å². The molecule has 1 aromatic rings. The van der Waals surface area contributed by atoms with Gasteiger partial charge in [0.25, 0.3) is 0 Å². The van der Waals surface area contributed by atoms with Crippen LogP contribution in [0.3, 0.4) is 0 Å². The largest absolute Gasteiger partial charge is 0.365 e. The van der Waals surface area contributed by atoms with Crippen LogP contribution in [0, 0.1) is 5.82 Å². The minimum atomic E-state index is -3.37. The highest BCUT2D eigenvalue weighted by Gasteiger charge is 2.26. The summed E-state index contributed by atoms with van der Waals surface area (Å²) in [5, 5.41) is 0. The topological polar surface area (TPSA) is 63.4 Å². The van der Waals surface area contributed by atoms with Gasteiger partial charge in [-0.25, -0.2) is 12.8 Å². The summed E-state index contributed by atoms with van der Waals surface area (Å²) in [5.41, 5.74) is 6.09. The molecule has 2 N–H and O–H groups in total. The Hall–Kier alpha value is -1.14. The van der Waals surface area contributed by atoms with Crippen LogP contribution < -0.4 is 10.6 Å². The SMILES string of the molecule is CS(=O)(=O)c1ccc(N2CCCC2CN)c(F)c1. The molecule has 18 heavy (non-hydrogen) atoms. The Bertz CT molecular complexity index is 545. The minimum absolute atomic E-state index is 0.00671. The summed E-state index contributed by atoms with van der Waals surface area (Å²) in [6, 6.07) is 4.19. The van der Waals surface area contributed by atoms with Crippen LogP contribution >= 0.6 is 0 Å². The van der Waals surface area contributed by atoms with E-state index in [9.17, 15) is 12.8 Å². The molecule has 0 amide bonds. The van der Waals surface area contributed by atoms with Gasteiger partial charge in [-0.3, -0.25) is 0 Å². The number of benzene rings is 1. The van der Waals surface area contributed by atoms with Gasteiger partial charge >= 0.3 is 0 Å². The average molecular weight is 272 g/mol. The number of nitrogens with two attached hydrogens (primary N) is 1. The number of sulfone groups is 1. The normalized spacial score (nSPS) is 20.4. The maximum absolute atomic E-state index is 14.0. The van der Waals surface area contributed by atoms with E-state index in [0.29, 0.717) is 12.2 Å². The van der Waals surface area contributed by atoms with Crippen LogP contribution in [-0.2, 0) is 9.84 Å². The number of anilines is 1. The second-order valence-electron chi connectivity index (χ2n) is 4.61. The second kappa shape index (κ2) is 4.85. The molecule has 0 bridgehead atoms. The van der Waals surface area contributed by atoms with Gasteiger partial charge in [0.15, 0.2) is 9.84 Å². The number of rotatable bonds is 3. The highest BCUT2D eigenvalue weighted by Crippen LogP contribution is 2.29. The molecule has 0 saturated carbocycles. The van der Waals surface area contributed by atoms with Crippen molar-refractivity contribution in [1.82, 2.24) is 0 Å². The van der Waals surface area contributed by atoms with Gasteiger partial charge in [-0.2, -0.15) is 0 Å². The third-order valence-electron chi connectivity index (χ3n) is 3.31. The van der Waals surface area contributed by atoms with Gasteiger partial charge in [0, 0.05) is 25.4 Å². The Balaban J connectivity index is 2.36. The van der Waals surface area contributed by atoms with E-state index in [0.717, 1.165) is 31.7 Å². The van der Waals surface area contributed by atoms with Gasteiger partial charge < -0.3 is 10.6 Å². The summed E-state index contributed by atoms with van der Waals surface area (Å²) in [4.78, 5) is 1.92.